The summed E-state index contributed by atoms with van der Waals surface area (Å²) < 4.78 is 5.84. The fourth-order valence-corrected chi connectivity index (χ4v) is 2.66. The smallest absolute Gasteiger partial charge is 0.266 e. The largest absolute Gasteiger partial charge is 0.389 e. The van der Waals surface area contributed by atoms with Gasteiger partial charge in [-0.3, -0.25) is 0 Å². The normalized spacial score (nSPS) is 26.9. The quantitative estimate of drug-likeness (QED) is 0.454. The van der Waals surface area contributed by atoms with Crippen LogP contribution in [0.3, 0.4) is 0 Å². The summed E-state index contributed by atoms with van der Waals surface area (Å²) in [6, 6.07) is 0. The van der Waals surface area contributed by atoms with Crippen LogP contribution in [0.15, 0.2) is 11.5 Å². The lowest BCUT2D eigenvalue weighted by atomic mass is 10.0. The van der Waals surface area contributed by atoms with Crippen molar-refractivity contribution < 1.29 is 9.57 Å². The predicted octanol–water partition coefficient (Wildman–Crippen LogP) is 0.0493. The van der Waals surface area contributed by atoms with E-state index in [1.165, 1.54) is 6.33 Å². The molecule has 0 saturated carbocycles. The van der Waals surface area contributed by atoms with Gasteiger partial charge in [-0.1, -0.05) is 11.1 Å². The van der Waals surface area contributed by atoms with E-state index in [4.69, 9.17) is 21.9 Å². The lowest BCUT2D eigenvalue weighted by Crippen LogP contribution is -2.39. The summed E-state index contributed by atoms with van der Waals surface area (Å²) in [6.45, 7) is 0.526. The highest BCUT2D eigenvalue weighted by molar-refractivity contribution is 5.75. The van der Waals surface area contributed by atoms with Gasteiger partial charge in [-0.25, -0.2) is 4.98 Å². The van der Waals surface area contributed by atoms with Crippen LogP contribution in [0.25, 0.3) is 0 Å². The number of rotatable bonds is 4. The second kappa shape index (κ2) is 5.51. The zero-order valence-electron chi connectivity index (χ0n) is 11.1. The van der Waals surface area contributed by atoms with Gasteiger partial charge in [0, 0.05) is 0 Å². The van der Waals surface area contributed by atoms with Crippen molar-refractivity contribution >= 4 is 11.5 Å². The summed E-state index contributed by atoms with van der Waals surface area (Å²) >= 11 is 0. The Bertz CT molecular complexity index is 589. The minimum absolute atomic E-state index is 0.0870. The molecular weight excluding hydrogens is 276 g/mol. The molecule has 9 heteroatoms. The van der Waals surface area contributed by atoms with Gasteiger partial charge in [0.05, 0.1) is 18.7 Å². The number of anilines is 2. The SMILES string of the molecule is C#C[C@H]1C[C@@H](CN=O)O[C@H]1N1CNc2c(ON)ncnc21. The Morgan fingerprint density at radius 2 is 2.52 bits per heavy atom. The molecule has 0 aliphatic carbocycles. The van der Waals surface area contributed by atoms with Crippen molar-refractivity contribution in [3.8, 4) is 18.2 Å². The number of aromatic nitrogens is 2. The molecule has 3 rings (SSSR count). The molecule has 110 valence electrons. The highest BCUT2D eigenvalue weighted by Crippen LogP contribution is 2.40. The Hall–Kier alpha value is -2.44. The zero-order valence-corrected chi connectivity index (χ0v) is 11.1. The number of nitrogens with zero attached hydrogens (tertiary/aromatic N) is 4. The average Bonchev–Trinajstić information content (AvgIpc) is 3.10. The van der Waals surface area contributed by atoms with E-state index in [2.05, 4.69) is 26.4 Å². The Labute approximate surface area is 120 Å². The number of terminal acetylenes is 1. The van der Waals surface area contributed by atoms with Crippen LogP contribution >= 0.6 is 0 Å². The van der Waals surface area contributed by atoms with Crippen LogP contribution in [0, 0.1) is 23.2 Å². The molecular formula is C12H14N6O3. The minimum Gasteiger partial charge on any atom is -0.389 e. The molecule has 1 saturated heterocycles. The van der Waals surface area contributed by atoms with Crippen LogP contribution in [0.4, 0.5) is 11.5 Å². The molecule has 9 nitrogen and oxygen atoms in total. The molecule has 3 atom stereocenters. The van der Waals surface area contributed by atoms with E-state index < -0.39 is 0 Å². The van der Waals surface area contributed by atoms with E-state index in [0.29, 0.717) is 24.6 Å². The topological polar surface area (TPSA) is 115 Å². The number of fused-ring (bicyclic) bond motifs is 1. The first-order chi connectivity index (χ1) is 10.3. The Balaban J connectivity index is 1.87. The van der Waals surface area contributed by atoms with Crippen molar-refractivity contribution in [3.05, 3.63) is 11.2 Å². The van der Waals surface area contributed by atoms with E-state index in [-0.39, 0.29) is 30.7 Å². The Kier molecular flexibility index (Phi) is 3.55. The molecule has 1 fully saturated rings. The summed E-state index contributed by atoms with van der Waals surface area (Å²) in [5.41, 5.74) is 0.594. The first-order valence-corrected chi connectivity index (χ1v) is 6.41. The number of nitrogens with one attached hydrogen (secondary N) is 1. The number of ether oxygens (including phenoxy) is 1. The monoisotopic (exact) mass is 290 g/mol. The van der Waals surface area contributed by atoms with Gasteiger partial charge in [0.2, 0.25) is 0 Å². The standard InChI is InChI=1S/C12H14N6O3/c1-2-7-3-8(4-17-19)20-12(7)18-6-16-9-10(18)14-5-15-11(9)21-13/h1,5,7-8,12,16H,3-4,6,13H2/t7-,8-,12+/m0/s1. The number of nitroso groups, excluding NO2 is 1. The fourth-order valence-electron chi connectivity index (χ4n) is 2.66. The van der Waals surface area contributed by atoms with Gasteiger partial charge in [-0.05, 0) is 6.42 Å². The van der Waals surface area contributed by atoms with Crippen molar-refractivity contribution in [2.75, 3.05) is 23.4 Å². The van der Waals surface area contributed by atoms with Crippen molar-refractivity contribution in [2.45, 2.75) is 18.8 Å². The highest BCUT2D eigenvalue weighted by atomic mass is 16.6. The van der Waals surface area contributed by atoms with Gasteiger partial charge in [-0.2, -0.15) is 15.8 Å². The number of hydrogen-bond acceptors (Lipinski definition) is 9. The second-order valence-corrected chi connectivity index (χ2v) is 4.77. The predicted molar refractivity (Wildman–Crippen MR) is 74.1 cm³/mol. The molecule has 3 N–H and O–H groups in total. The summed E-state index contributed by atoms with van der Waals surface area (Å²) in [5.74, 6) is 8.59. The average molecular weight is 290 g/mol. The molecule has 2 aliphatic rings. The van der Waals surface area contributed by atoms with Gasteiger partial charge in [-0.15, -0.1) is 6.42 Å². The van der Waals surface area contributed by atoms with Crippen LogP contribution < -0.4 is 21.0 Å². The zero-order chi connectivity index (χ0) is 14.8. The number of hydrogen-bond donors (Lipinski definition) is 2. The van der Waals surface area contributed by atoms with Crippen molar-refractivity contribution in [1.29, 1.82) is 0 Å². The third kappa shape index (κ3) is 2.24. The van der Waals surface area contributed by atoms with Crippen molar-refractivity contribution in [3.63, 3.8) is 0 Å². The third-order valence-corrected chi connectivity index (χ3v) is 3.59. The molecule has 0 unspecified atom stereocenters. The maximum atomic E-state index is 10.4. The maximum absolute atomic E-state index is 10.4. The molecule has 1 aromatic heterocycles. The van der Waals surface area contributed by atoms with Gasteiger partial charge in [0.15, 0.2) is 5.82 Å². The molecule has 21 heavy (non-hydrogen) atoms. The highest BCUT2D eigenvalue weighted by Gasteiger charge is 2.41. The molecule has 0 aromatic carbocycles. The van der Waals surface area contributed by atoms with Crippen molar-refractivity contribution in [1.82, 2.24) is 9.97 Å². The van der Waals surface area contributed by atoms with Crippen LogP contribution in [0.1, 0.15) is 6.42 Å². The van der Waals surface area contributed by atoms with E-state index in [9.17, 15) is 4.91 Å². The van der Waals surface area contributed by atoms with E-state index >= 15 is 0 Å². The summed E-state index contributed by atoms with van der Waals surface area (Å²) in [7, 11) is 0. The van der Waals surface area contributed by atoms with Gasteiger partial charge in [0.25, 0.3) is 5.88 Å². The first-order valence-electron chi connectivity index (χ1n) is 6.41. The minimum atomic E-state index is -0.379. The van der Waals surface area contributed by atoms with Gasteiger partial charge < -0.3 is 19.8 Å². The van der Waals surface area contributed by atoms with E-state index in [1.807, 2.05) is 4.90 Å². The van der Waals surface area contributed by atoms with Crippen molar-refractivity contribution in [2.24, 2.45) is 17.0 Å². The lowest BCUT2D eigenvalue weighted by Gasteiger charge is -2.26. The second-order valence-electron chi connectivity index (χ2n) is 4.77. The van der Waals surface area contributed by atoms with Gasteiger partial charge >= 0.3 is 0 Å². The van der Waals surface area contributed by atoms with Crippen LogP contribution in [0.5, 0.6) is 5.88 Å². The van der Waals surface area contributed by atoms with Gasteiger partial charge in [0.1, 0.15) is 24.8 Å². The third-order valence-electron chi connectivity index (χ3n) is 3.59. The van der Waals surface area contributed by atoms with E-state index in [0.717, 1.165) is 0 Å². The molecule has 0 bridgehead atoms. The molecule has 0 spiro atoms. The summed E-state index contributed by atoms with van der Waals surface area (Å²) in [6.07, 6.45) is 6.85. The van der Waals surface area contributed by atoms with Crippen LogP contribution in [-0.4, -0.2) is 35.5 Å². The van der Waals surface area contributed by atoms with Crippen LogP contribution in [0.2, 0.25) is 0 Å². The fraction of sp³-hybridized carbons (Fsp3) is 0.500. The molecule has 0 radical (unpaired) electrons. The Morgan fingerprint density at radius 3 is 3.24 bits per heavy atom. The molecule has 0 amide bonds. The first kappa shape index (κ1) is 13.5. The Morgan fingerprint density at radius 1 is 1.67 bits per heavy atom. The summed E-state index contributed by atoms with van der Waals surface area (Å²) in [4.78, 5) is 25.1. The number of nitrogens with two attached hydrogens (primary N) is 1. The summed E-state index contributed by atoms with van der Waals surface area (Å²) in [5, 5.41) is 5.98. The van der Waals surface area contributed by atoms with E-state index in [1.54, 1.807) is 0 Å². The van der Waals surface area contributed by atoms with Crippen LogP contribution in [-0.2, 0) is 4.74 Å². The molecule has 3 heterocycles. The molecule has 2 aliphatic heterocycles. The molecule has 1 aromatic rings. The lowest BCUT2D eigenvalue weighted by molar-refractivity contribution is 0.0436. The maximum Gasteiger partial charge on any atom is 0.266 e.